The fourth-order valence-electron chi connectivity index (χ4n) is 4.42. The Labute approximate surface area is 216 Å². The Morgan fingerprint density at radius 3 is 2.38 bits per heavy atom. The number of nitrogens with zero attached hydrogens (tertiary/aromatic N) is 1. The van der Waals surface area contributed by atoms with Gasteiger partial charge >= 0.3 is 13.2 Å². The zero-order chi connectivity index (χ0) is 27.6. The van der Waals surface area contributed by atoms with Crippen LogP contribution in [0.15, 0.2) is 34.4 Å². The van der Waals surface area contributed by atoms with Gasteiger partial charge in [0.15, 0.2) is 0 Å². The molecular formula is C27H38BF4NO4. The maximum atomic E-state index is 11.5. The molecule has 2 aliphatic carbocycles. The van der Waals surface area contributed by atoms with Crippen LogP contribution in [-0.2, 0) is 19.7 Å². The van der Waals surface area contributed by atoms with Gasteiger partial charge in [-0.3, -0.25) is 4.79 Å². The molecule has 37 heavy (non-hydrogen) atoms. The van der Waals surface area contributed by atoms with E-state index in [1.54, 1.807) is 0 Å². The van der Waals surface area contributed by atoms with Crippen LogP contribution in [0.4, 0.5) is 17.3 Å². The van der Waals surface area contributed by atoms with Crippen molar-refractivity contribution >= 4 is 19.3 Å². The molecule has 0 aromatic carbocycles. The third-order valence-electron chi connectivity index (χ3n) is 6.11. The highest BCUT2D eigenvalue weighted by molar-refractivity contribution is 6.50. The Morgan fingerprint density at radius 2 is 1.76 bits per heavy atom. The summed E-state index contributed by atoms with van der Waals surface area (Å²) in [6, 6.07) is 8.76. The number of hydrogen-bond acceptors (Lipinski definition) is 4. The standard InChI is InChI=1S/C27H38NO4.BF4/c1-6-28(15-11-9-10-12-26(29)31-8-3)21-14-13-20-16-23-25(32-24(20)17-21)18-22(30-7-2)19-27(23,4)5;2-1(3,4)5/h13-14,16-18H,6-12,15,19H2,1-5H3;/q+1;-1. The van der Waals surface area contributed by atoms with Gasteiger partial charge in [-0.1, -0.05) is 13.8 Å². The van der Waals surface area contributed by atoms with Gasteiger partial charge in [-0.15, -0.1) is 0 Å². The van der Waals surface area contributed by atoms with Crippen LogP contribution >= 0.6 is 0 Å². The maximum Gasteiger partial charge on any atom is 0.673 e. The van der Waals surface area contributed by atoms with Crippen LogP contribution in [0, 0.1) is 0 Å². The number of ether oxygens (including phenoxy) is 2. The Kier molecular flexibility index (Phi) is 11.3. The summed E-state index contributed by atoms with van der Waals surface area (Å²) in [6.45, 7) is 13.5. The van der Waals surface area contributed by atoms with Gasteiger partial charge in [0.25, 0.3) is 0 Å². The zero-order valence-corrected chi connectivity index (χ0v) is 22.4. The molecule has 0 spiro atoms. The Hall–Kier alpha value is -2.78. The normalized spacial score (nSPS) is 15.2. The molecule has 1 aliphatic heterocycles. The first-order valence-electron chi connectivity index (χ1n) is 12.9. The highest BCUT2D eigenvalue weighted by Crippen LogP contribution is 2.41. The lowest BCUT2D eigenvalue weighted by Gasteiger charge is -2.32. The molecule has 0 saturated carbocycles. The number of allylic oxidation sites excluding steroid dienone is 1. The number of carbonyl (C=O) groups is 1. The predicted octanol–water partition coefficient (Wildman–Crippen LogP) is 6.66. The Balaban J connectivity index is 0.000000877. The second-order valence-corrected chi connectivity index (χ2v) is 9.54. The first-order chi connectivity index (χ1) is 17.4. The smallest absolute Gasteiger partial charge is 0.498 e. The second-order valence-electron chi connectivity index (χ2n) is 9.54. The molecule has 0 fully saturated rings. The summed E-state index contributed by atoms with van der Waals surface area (Å²) in [5, 5.41) is 1.16. The topological polar surface area (TPSA) is 51.7 Å². The highest BCUT2D eigenvalue weighted by atomic mass is 19.5. The van der Waals surface area contributed by atoms with Crippen LogP contribution in [0.5, 0.6) is 0 Å². The van der Waals surface area contributed by atoms with Gasteiger partial charge in [0, 0.05) is 47.9 Å². The van der Waals surface area contributed by atoms with Gasteiger partial charge in [-0.2, -0.15) is 0 Å². The molecule has 10 heteroatoms. The first kappa shape index (κ1) is 30.4. The average Bonchev–Trinajstić information content (AvgIpc) is 2.79. The SMILES string of the molecule is CCOC(=O)CCCCC[N+](CC)=c1ccc2cc3c(oc-2c1)C=C(OCC)CC3(C)C.F[B-](F)(F)F. The van der Waals surface area contributed by atoms with Crippen molar-refractivity contribution in [1.82, 2.24) is 4.58 Å². The van der Waals surface area contributed by atoms with Crippen LogP contribution in [0.25, 0.3) is 17.4 Å². The molecule has 1 heterocycles. The van der Waals surface area contributed by atoms with Crippen LogP contribution in [0.1, 0.15) is 78.0 Å². The van der Waals surface area contributed by atoms with Crippen LogP contribution in [0.3, 0.4) is 0 Å². The molecule has 0 aromatic heterocycles. The molecule has 206 valence electrons. The molecule has 0 aromatic rings. The molecule has 0 saturated heterocycles. The number of hydrogen-bond donors (Lipinski definition) is 0. The molecule has 0 radical (unpaired) electrons. The molecule has 0 atom stereocenters. The fraction of sp³-hybridized carbons (Fsp3) is 0.556. The second kappa shape index (κ2) is 13.7. The average molecular weight is 527 g/mol. The summed E-state index contributed by atoms with van der Waals surface area (Å²) in [5.74, 6) is 2.69. The van der Waals surface area contributed by atoms with E-state index in [0.29, 0.717) is 19.6 Å². The number of unbranched alkanes of at least 4 members (excludes halogenated alkanes) is 2. The number of halogens is 4. The fourth-order valence-corrected chi connectivity index (χ4v) is 4.42. The van der Waals surface area contributed by atoms with Crippen LogP contribution in [-0.4, -0.2) is 39.5 Å². The first-order valence-corrected chi connectivity index (χ1v) is 12.9. The lowest BCUT2D eigenvalue weighted by atomic mass is 9.76. The van der Waals surface area contributed by atoms with E-state index < -0.39 is 7.25 Å². The van der Waals surface area contributed by atoms with Gasteiger partial charge in [-0.25, -0.2) is 4.58 Å². The van der Waals surface area contributed by atoms with E-state index >= 15 is 0 Å². The van der Waals surface area contributed by atoms with Gasteiger partial charge in [0.2, 0.25) is 5.36 Å². The van der Waals surface area contributed by atoms with E-state index in [9.17, 15) is 22.1 Å². The third kappa shape index (κ3) is 9.89. The van der Waals surface area contributed by atoms with Crippen molar-refractivity contribution in [3.63, 3.8) is 0 Å². The van der Waals surface area contributed by atoms with Crippen LogP contribution in [0.2, 0.25) is 0 Å². The van der Waals surface area contributed by atoms with Crippen molar-refractivity contribution in [2.45, 2.75) is 72.1 Å². The molecule has 3 aliphatic rings. The molecular weight excluding hydrogens is 489 g/mol. The number of carbonyl (C=O) groups excluding carboxylic acids is 1. The number of benzene rings is 1. The maximum absolute atomic E-state index is 11.5. The summed E-state index contributed by atoms with van der Waals surface area (Å²) >= 11 is 0. The Bertz CT molecular complexity index is 1100. The van der Waals surface area contributed by atoms with E-state index in [0.717, 1.165) is 67.0 Å². The summed E-state index contributed by atoms with van der Waals surface area (Å²) in [7, 11) is -6.00. The van der Waals surface area contributed by atoms with E-state index in [2.05, 4.69) is 55.7 Å². The van der Waals surface area contributed by atoms with Crippen molar-refractivity contribution < 1.29 is 35.9 Å². The zero-order valence-electron chi connectivity index (χ0n) is 22.4. The summed E-state index contributed by atoms with van der Waals surface area (Å²) in [5.41, 5.74) is 2.33. The lowest BCUT2D eigenvalue weighted by Crippen LogP contribution is -2.31. The highest BCUT2D eigenvalue weighted by Gasteiger charge is 2.32. The minimum absolute atomic E-state index is 0.0239. The molecule has 0 unspecified atom stereocenters. The van der Waals surface area contributed by atoms with Crippen molar-refractivity contribution in [2.75, 3.05) is 26.3 Å². The van der Waals surface area contributed by atoms with E-state index in [1.807, 2.05) is 13.8 Å². The molecule has 0 bridgehead atoms. The third-order valence-corrected chi connectivity index (χ3v) is 6.11. The Morgan fingerprint density at radius 1 is 1.05 bits per heavy atom. The number of fused-ring (bicyclic) bond motifs is 2. The van der Waals surface area contributed by atoms with Crippen LogP contribution < -0.4 is 9.93 Å². The minimum Gasteiger partial charge on any atom is -0.498 e. The van der Waals surface area contributed by atoms with Crippen molar-refractivity contribution in [1.29, 1.82) is 0 Å². The molecule has 3 rings (SSSR count). The monoisotopic (exact) mass is 527 g/mol. The number of rotatable bonds is 10. The summed E-state index contributed by atoms with van der Waals surface area (Å²) < 4.78 is 58.6. The van der Waals surface area contributed by atoms with E-state index in [-0.39, 0.29) is 11.4 Å². The summed E-state index contributed by atoms with van der Waals surface area (Å²) in [4.78, 5) is 11.5. The largest absolute Gasteiger partial charge is 0.673 e. The van der Waals surface area contributed by atoms with Gasteiger partial charge < -0.3 is 31.2 Å². The molecule has 5 nitrogen and oxygen atoms in total. The molecule has 0 amide bonds. The number of esters is 1. The van der Waals surface area contributed by atoms with Crippen molar-refractivity contribution in [2.24, 2.45) is 0 Å². The minimum atomic E-state index is -6.00. The summed E-state index contributed by atoms with van der Waals surface area (Å²) in [6.07, 6.45) is 6.37. The van der Waals surface area contributed by atoms with Crippen molar-refractivity contribution in [3.8, 4) is 11.3 Å². The quantitative estimate of drug-likeness (QED) is 0.114. The molecule has 0 N–H and O–H groups in total. The lowest BCUT2D eigenvalue weighted by molar-refractivity contribution is -0.143. The predicted molar refractivity (Wildman–Crippen MR) is 139 cm³/mol. The van der Waals surface area contributed by atoms with Gasteiger partial charge in [0.1, 0.15) is 30.4 Å². The van der Waals surface area contributed by atoms with Gasteiger partial charge in [-0.05, 0) is 45.7 Å². The van der Waals surface area contributed by atoms with Crippen molar-refractivity contribution in [3.05, 3.63) is 46.7 Å². The van der Waals surface area contributed by atoms with E-state index in [1.165, 1.54) is 5.56 Å². The van der Waals surface area contributed by atoms with E-state index in [4.69, 9.17) is 13.9 Å². The van der Waals surface area contributed by atoms with Gasteiger partial charge in [0.05, 0.1) is 19.3 Å².